The Morgan fingerprint density at radius 2 is 2.27 bits per heavy atom. The molecule has 1 aliphatic carbocycles. The van der Waals surface area contributed by atoms with Crippen LogP contribution in [0.4, 0.5) is 0 Å². The zero-order valence-electron chi connectivity index (χ0n) is 13.7. The van der Waals surface area contributed by atoms with E-state index in [9.17, 15) is 0 Å². The van der Waals surface area contributed by atoms with Gasteiger partial charge in [-0.2, -0.15) is 4.98 Å². The van der Waals surface area contributed by atoms with Gasteiger partial charge >= 0.3 is 0 Å². The summed E-state index contributed by atoms with van der Waals surface area (Å²) in [7, 11) is 0. The van der Waals surface area contributed by atoms with Crippen molar-refractivity contribution in [1.82, 2.24) is 25.7 Å². The second kappa shape index (κ2) is 6.64. The van der Waals surface area contributed by atoms with Gasteiger partial charge in [-0.05, 0) is 33.1 Å². The summed E-state index contributed by atoms with van der Waals surface area (Å²) in [4.78, 5) is 11.4. The van der Waals surface area contributed by atoms with Gasteiger partial charge in [0.1, 0.15) is 6.54 Å². The van der Waals surface area contributed by atoms with Gasteiger partial charge in [0.05, 0.1) is 0 Å². The fraction of sp³-hybridized carbons (Fsp3) is 0.800. The average Bonchev–Trinajstić information content (AvgIpc) is 3.14. The molecule has 0 aromatic carbocycles. The molecule has 1 aromatic heterocycles. The first-order valence-electron chi connectivity index (χ1n) is 8.25. The van der Waals surface area contributed by atoms with Crippen LogP contribution in [-0.4, -0.2) is 52.2 Å². The zero-order valence-corrected chi connectivity index (χ0v) is 13.7. The highest BCUT2D eigenvalue weighted by Gasteiger charge is 2.38. The first-order valence-corrected chi connectivity index (χ1v) is 8.25. The highest BCUT2D eigenvalue weighted by molar-refractivity contribution is 5.80. The number of rotatable bonds is 5. The van der Waals surface area contributed by atoms with Crippen molar-refractivity contribution in [3.8, 4) is 0 Å². The second-order valence-corrected chi connectivity index (χ2v) is 6.28. The topological polar surface area (TPSA) is 78.6 Å². The molecule has 1 saturated heterocycles. The van der Waals surface area contributed by atoms with Gasteiger partial charge < -0.3 is 15.2 Å². The molecular formula is C15H26N6O. The van der Waals surface area contributed by atoms with E-state index in [4.69, 9.17) is 4.52 Å². The van der Waals surface area contributed by atoms with Crippen LogP contribution in [0.15, 0.2) is 9.52 Å². The molecule has 1 aliphatic heterocycles. The van der Waals surface area contributed by atoms with E-state index < -0.39 is 0 Å². The van der Waals surface area contributed by atoms with Crippen molar-refractivity contribution >= 4 is 5.96 Å². The Bertz CT molecular complexity index is 524. The van der Waals surface area contributed by atoms with Crippen LogP contribution in [0.3, 0.4) is 0 Å². The third-order valence-corrected chi connectivity index (χ3v) is 4.27. The average molecular weight is 306 g/mol. The Morgan fingerprint density at radius 3 is 2.91 bits per heavy atom. The molecule has 0 amide bonds. The Labute approximate surface area is 131 Å². The summed E-state index contributed by atoms with van der Waals surface area (Å²) in [6, 6.07) is 1.94. The van der Waals surface area contributed by atoms with Crippen LogP contribution in [0.5, 0.6) is 0 Å². The predicted molar refractivity (Wildman–Crippen MR) is 84.6 cm³/mol. The van der Waals surface area contributed by atoms with E-state index in [1.807, 2.05) is 0 Å². The number of aliphatic imine (C=N–C) groups is 1. The lowest BCUT2D eigenvalue weighted by Gasteiger charge is -2.20. The largest absolute Gasteiger partial charge is 0.357 e. The third-order valence-electron chi connectivity index (χ3n) is 4.27. The molecular weight excluding hydrogens is 280 g/mol. The molecule has 1 saturated carbocycles. The number of hydrogen-bond donors (Lipinski definition) is 2. The lowest BCUT2D eigenvalue weighted by Crippen LogP contribution is -2.44. The van der Waals surface area contributed by atoms with Crippen molar-refractivity contribution in [3.63, 3.8) is 0 Å². The normalized spacial score (nSPS) is 26.4. The highest BCUT2D eigenvalue weighted by Crippen LogP contribution is 2.33. The van der Waals surface area contributed by atoms with Gasteiger partial charge in [0, 0.05) is 38.1 Å². The summed E-state index contributed by atoms with van der Waals surface area (Å²) in [6.45, 7) is 8.57. The summed E-state index contributed by atoms with van der Waals surface area (Å²) in [5.41, 5.74) is 0. The van der Waals surface area contributed by atoms with E-state index in [1.54, 1.807) is 6.92 Å². The van der Waals surface area contributed by atoms with Crippen LogP contribution in [0.25, 0.3) is 0 Å². The summed E-state index contributed by atoms with van der Waals surface area (Å²) in [5, 5.41) is 10.7. The van der Waals surface area contributed by atoms with Crippen LogP contribution in [0, 0.1) is 6.92 Å². The van der Waals surface area contributed by atoms with Crippen molar-refractivity contribution < 1.29 is 4.52 Å². The maximum Gasteiger partial charge on any atom is 0.223 e. The molecule has 122 valence electrons. The summed E-state index contributed by atoms with van der Waals surface area (Å²) >= 11 is 0. The van der Waals surface area contributed by atoms with Gasteiger partial charge in [-0.25, -0.2) is 4.99 Å². The van der Waals surface area contributed by atoms with Gasteiger partial charge in [-0.15, -0.1) is 0 Å². The minimum Gasteiger partial charge on any atom is -0.357 e. The number of nitrogens with zero attached hydrogens (tertiary/aromatic N) is 4. The van der Waals surface area contributed by atoms with Crippen molar-refractivity contribution in [2.24, 2.45) is 4.99 Å². The molecule has 7 nitrogen and oxygen atoms in total. The molecule has 0 spiro atoms. The SMILES string of the molecule is CCNC(=NCc1noc(C)n1)NC1CC(C)N(C2CC2)C1. The monoisotopic (exact) mass is 306 g/mol. The molecule has 22 heavy (non-hydrogen) atoms. The molecule has 2 fully saturated rings. The lowest BCUT2D eigenvalue weighted by atomic mass is 10.2. The van der Waals surface area contributed by atoms with Crippen LogP contribution in [0.2, 0.25) is 0 Å². The Hall–Kier alpha value is -1.63. The van der Waals surface area contributed by atoms with E-state index in [1.165, 1.54) is 19.3 Å². The fourth-order valence-corrected chi connectivity index (χ4v) is 3.14. The molecule has 2 atom stereocenters. The van der Waals surface area contributed by atoms with Gasteiger partial charge in [0.15, 0.2) is 11.8 Å². The number of guanidine groups is 1. The van der Waals surface area contributed by atoms with E-state index in [0.29, 0.717) is 30.3 Å². The quantitative estimate of drug-likeness (QED) is 0.625. The smallest absolute Gasteiger partial charge is 0.223 e. The summed E-state index contributed by atoms with van der Waals surface area (Å²) in [6.07, 6.45) is 3.90. The second-order valence-electron chi connectivity index (χ2n) is 6.28. The number of nitrogens with one attached hydrogen (secondary N) is 2. The van der Waals surface area contributed by atoms with Crippen molar-refractivity contribution in [2.45, 2.75) is 64.7 Å². The van der Waals surface area contributed by atoms with Crippen LogP contribution < -0.4 is 10.6 Å². The number of aryl methyl sites for hydroxylation is 1. The molecule has 2 N–H and O–H groups in total. The zero-order chi connectivity index (χ0) is 15.5. The molecule has 7 heteroatoms. The van der Waals surface area contributed by atoms with Gasteiger partial charge in [0.2, 0.25) is 5.89 Å². The third kappa shape index (κ3) is 3.76. The van der Waals surface area contributed by atoms with Crippen molar-refractivity contribution in [2.75, 3.05) is 13.1 Å². The van der Waals surface area contributed by atoms with Crippen LogP contribution in [0.1, 0.15) is 44.8 Å². The van der Waals surface area contributed by atoms with Crippen molar-refractivity contribution in [1.29, 1.82) is 0 Å². The lowest BCUT2D eigenvalue weighted by molar-refractivity contribution is 0.256. The molecule has 2 aliphatic rings. The van der Waals surface area contributed by atoms with Gasteiger partial charge in [0.25, 0.3) is 0 Å². The number of hydrogen-bond acceptors (Lipinski definition) is 5. The van der Waals surface area contributed by atoms with E-state index >= 15 is 0 Å². The minimum absolute atomic E-state index is 0.432. The first kappa shape index (κ1) is 15.3. The maximum atomic E-state index is 4.97. The predicted octanol–water partition coefficient (Wildman–Crippen LogP) is 1.06. The molecule has 0 radical (unpaired) electrons. The van der Waals surface area contributed by atoms with E-state index in [-0.39, 0.29) is 0 Å². The van der Waals surface area contributed by atoms with Gasteiger partial charge in [-0.1, -0.05) is 5.16 Å². The van der Waals surface area contributed by atoms with Crippen LogP contribution >= 0.6 is 0 Å². The summed E-state index contributed by atoms with van der Waals surface area (Å²) in [5.74, 6) is 2.03. The first-order chi connectivity index (χ1) is 10.7. The summed E-state index contributed by atoms with van der Waals surface area (Å²) < 4.78 is 4.97. The Balaban J connectivity index is 1.56. The maximum absolute atomic E-state index is 4.97. The molecule has 3 rings (SSSR count). The number of aromatic nitrogens is 2. The van der Waals surface area contributed by atoms with E-state index in [2.05, 4.69) is 44.5 Å². The highest BCUT2D eigenvalue weighted by atomic mass is 16.5. The standard InChI is InChI=1S/C15H26N6O/c1-4-16-15(17-8-14-18-11(3)22-20-14)19-12-7-10(2)21(9-12)13-5-6-13/h10,12-13H,4-9H2,1-3H3,(H2,16,17,19). The van der Waals surface area contributed by atoms with Gasteiger partial charge in [-0.3, -0.25) is 4.90 Å². The van der Waals surface area contributed by atoms with Crippen LogP contribution in [-0.2, 0) is 6.54 Å². The molecule has 2 unspecified atom stereocenters. The van der Waals surface area contributed by atoms with E-state index in [0.717, 1.165) is 25.1 Å². The molecule has 2 heterocycles. The Morgan fingerprint density at radius 1 is 1.45 bits per heavy atom. The van der Waals surface area contributed by atoms with Crippen molar-refractivity contribution in [3.05, 3.63) is 11.7 Å². The molecule has 0 bridgehead atoms. The minimum atomic E-state index is 0.432. The Kier molecular flexibility index (Phi) is 4.61. The fourth-order valence-electron chi connectivity index (χ4n) is 3.14. The number of likely N-dealkylation sites (tertiary alicyclic amines) is 1. The molecule has 1 aromatic rings.